The van der Waals surface area contributed by atoms with Crippen molar-refractivity contribution in [2.45, 2.75) is 44.9 Å². The first-order chi connectivity index (χ1) is 4.97. The van der Waals surface area contributed by atoms with Crippen LogP contribution in [-0.4, -0.2) is 0 Å². The van der Waals surface area contributed by atoms with Crippen molar-refractivity contribution >= 4 is 0 Å². The zero-order chi connectivity index (χ0) is 6.81. The average molecular weight is 135 g/mol. The molecular formula is C10H15. The summed E-state index contributed by atoms with van der Waals surface area (Å²) in [6.45, 7) is 0. The van der Waals surface area contributed by atoms with Crippen LogP contribution in [0.3, 0.4) is 0 Å². The van der Waals surface area contributed by atoms with Gasteiger partial charge in [0.05, 0.1) is 0 Å². The third kappa shape index (κ3) is 1.12. The van der Waals surface area contributed by atoms with Crippen molar-refractivity contribution in [3.05, 3.63) is 17.6 Å². The first-order valence-corrected chi connectivity index (χ1v) is 4.48. The van der Waals surface area contributed by atoms with Gasteiger partial charge in [0.15, 0.2) is 0 Å². The predicted octanol–water partition coefficient (Wildman–Crippen LogP) is 3.25. The normalized spacial score (nSPS) is 26.4. The van der Waals surface area contributed by atoms with Gasteiger partial charge in [0.1, 0.15) is 0 Å². The van der Waals surface area contributed by atoms with E-state index in [1.807, 2.05) is 5.57 Å². The molecule has 0 bridgehead atoms. The van der Waals surface area contributed by atoms with E-state index < -0.39 is 0 Å². The highest BCUT2D eigenvalue weighted by Gasteiger charge is 2.15. The molecule has 0 amide bonds. The van der Waals surface area contributed by atoms with Crippen molar-refractivity contribution in [3.8, 4) is 0 Å². The van der Waals surface area contributed by atoms with Crippen molar-refractivity contribution in [1.29, 1.82) is 0 Å². The Morgan fingerprint density at radius 2 is 1.70 bits per heavy atom. The van der Waals surface area contributed by atoms with Crippen LogP contribution in [0.15, 0.2) is 11.1 Å². The summed E-state index contributed by atoms with van der Waals surface area (Å²) in [5, 5.41) is 0. The zero-order valence-corrected chi connectivity index (χ0v) is 6.53. The van der Waals surface area contributed by atoms with Crippen LogP contribution < -0.4 is 0 Å². The summed E-state index contributed by atoms with van der Waals surface area (Å²) in [5.41, 5.74) is 3.60. The molecule has 0 heterocycles. The quantitative estimate of drug-likeness (QED) is 0.447. The molecule has 2 saturated carbocycles. The molecule has 10 heavy (non-hydrogen) atoms. The third-order valence-electron chi connectivity index (χ3n) is 2.75. The van der Waals surface area contributed by atoms with Gasteiger partial charge >= 0.3 is 0 Å². The fraction of sp³-hybridized carbons (Fsp3) is 0.700. The Kier molecular flexibility index (Phi) is 1.79. The third-order valence-corrected chi connectivity index (χ3v) is 2.75. The lowest BCUT2D eigenvalue weighted by Gasteiger charge is -2.00. The van der Waals surface area contributed by atoms with Crippen LogP contribution in [0.1, 0.15) is 44.9 Å². The van der Waals surface area contributed by atoms with Gasteiger partial charge in [0, 0.05) is 0 Å². The highest BCUT2D eigenvalue weighted by molar-refractivity contribution is 5.22. The van der Waals surface area contributed by atoms with Crippen LogP contribution in [0.4, 0.5) is 0 Å². The fourth-order valence-corrected chi connectivity index (χ4v) is 2.13. The SMILES string of the molecule is [CH]1CCC(=C2CCCC2)C1. The molecule has 1 radical (unpaired) electrons. The van der Waals surface area contributed by atoms with E-state index in [0.29, 0.717) is 0 Å². The molecule has 0 aliphatic heterocycles. The molecule has 0 aromatic carbocycles. The van der Waals surface area contributed by atoms with Crippen LogP contribution in [0, 0.1) is 6.42 Å². The largest absolute Gasteiger partial charge is 0.0710 e. The standard InChI is InChI=1S/C10H15/c1-2-6-9(5-1)10-7-3-4-8-10/h1H,2-8H2. The molecule has 0 saturated heterocycles. The van der Waals surface area contributed by atoms with Gasteiger partial charge in [-0.1, -0.05) is 11.1 Å². The minimum absolute atomic E-state index is 1.31. The van der Waals surface area contributed by atoms with Gasteiger partial charge in [-0.15, -0.1) is 0 Å². The van der Waals surface area contributed by atoms with Crippen molar-refractivity contribution in [1.82, 2.24) is 0 Å². The van der Waals surface area contributed by atoms with E-state index in [2.05, 4.69) is 6.42 Å². The Morgan fingerprint density at radius 3 is 2.30 bits per heavy atom. The van der Waals surface area contributed by atoms with Gasteiger partial charge < -0.3 is 0 Å². The predicted molar refractivity (Wildman–Crippen MR) is 43.6 cm³/mol. The van der Waals surface area contributed by atoms with Crippen molar-refractivity contribution in [2.24, 2.45) is 0 Å². The molecule has 0 spiro atoms. The van der Waals surface area contributed by atoms with Gasteiger partial charge in [-0.2, -0.15) is 0 Å². The van der Waals surface area contributed by atoms with E-state index >= 15 is 0 Å². The highest BCUT2D eigenvalue weighted by Crippen LogP contribution is 2.34. The van der Waals surface area contributed by atoms with Gasteiger partial charge in [-0.3, -0.25) is 0 Å². The summed E-state index contributed by atoms with van der Waals surface area (Å²) in [7, 11) is 0. The molecule has 2 fully saturated rings. The maximum absolute atomic E-state index is 2.43. The molecule has 2 aliphatic carbocycles. The zero-order valence-electron chi connectivity index (χ0n) is 6.53. The molecule has 0 N–H and O–H groups in total. The second-order valence-electron chi connectivity index (χ2n) is 3.45. The summed E-state index contributed by atoms with van der Waals surface area (Å²) in [5.74, 6) is 0. The number of hydrogen-bond donors (Lipinski definition) is 0. The number of rotatable bonds is 0. The Hall–Kier alpha value is -0.260. The van der Waals surface area contributed by atoms with E-state index in [9.17, 15) is 0 Å². The lowest BCUT2D eigenvalue weighted by molar-refractivity contribution is 0.886. The van der Waals surface area contributed by atoms with Gasteiger partial charge in [-0.05, 0) is 51.4 Å². The molecule has 0 nitrogen and oxygen atoms in total. The Balaban J connectivity index is 2.10. The fourth-order valence-electron chi connectivity index (χ4n) is 2.13. The lowest BCUT2D eigenvalue weighted by atomic mass is 10.1. The summed E-state index contributed by atoms with van der Waals surface area (Å²) in [6.07, 6.45) is 12.2. The molecule has 2 rings (SSSR count). The number of hydrogen-bond acceptors (Lipinski definition) is 0. The first-order valence-electron chi connectivity index (χ1n) is 4.48. The minimum atomic E-state index is 1.31. The van der Waals surface area contributed by atoms with Crippen LogP contribution in [0.2, 0.25) is 0 Å². The lowest BCUT2D eigenvalue weighted by Crippen LogP contribution is -1.80. The monoisotopic (exact) mass is 135 g/mol. The molecule has 0 aromatic heterocycles. The molecule has 0 heteroatoms. The maximum atomic E-state index is 2.43. The van der Waals surface area contributed by atoms with E-state index in [-0.39, 0.29) is 0 Å². The van der Waals surface area contributed by atoms with Crippen LogP contribution in [-0.2, 0) is 0 Å². The summed E-state index contributed by atoms with van der Waals surface area (Å²) in [4.78, 5) is 0. The van der Waals surface area contributed by atoms with E-state index in [1.165, 1.54) is 44.9 Å². The Labute approximate surface area is 63.3 Å². The van der Waals surface area contributed by atoms with Gasteiger partial charge in [0.25, 0.3) is 0 Å². The molecule has 55 valence electrons. The smallest absolute Gasteiger partial charge is 0.0286 e. The highest BCUT2D eigenvalue weighted by atomic mass is 14.2. The van der Waals surface area contributed by atoms with Crippen molar-refractivity contribution < 1.29 is 0 Å². The van der Waals surface area contributed by atoms with Crippen molar-refractivity contribution in [3.63, 3.8) is 0 Å². The summed E-state index contributed by atoms with van der Waals surface area (Å²) >= 11 is 0. The number of allylic oxidation sites excluding steroid dienone is 2. The van der Waals surface area contributed by atoms with E-state index in [4.69, 9.17) is 0 Å². The minimum Gasteiger partial charge on any atom is -0.0710 e. The molecule has 2 aliphatic rings. The second kappa shape index (κ2) is 2.77. The maximum Gasteiger partial charge on any atom is -0.0286 e. The van der Waals surface area contributed by atoms with Crippen LogP contribution in [0.5, 0.6) is 0 Å². The van der Waals surface area contributed by atoms with Crippen molar-refractivity contribution in [2.75, 3.05) is 0 Å². The molecule has 0 unspecified atom stereocenters. The Bertz CT molecular complexity index is 119. The molecular weight excluding hydrogens is 120 g/mol. The summed E-state index contributed by atoms with van der Waals surface area (Å²) in [6, 6.07) is 0. The first kappa shape index (κ1) is 6.45. The average Bonchev–Trinajstić information content (AvgIpc) is 2.59. The van der Waals surface area contributed by atoms with E-state index in [1.54, 1.807) is 5.57 Å². The Morgan fingerprint density at radius 1 is 0.900 bits per heavy atom. The second-order valence-corrected chi connectivity index (χ2v) is 3.45. The van der Waals surface area contributed by atoms with Gasteiger partial charge in [0.2, 0.25) is 0 Å². The van der Waals surface area contributed by atoms with Gasteiger partial charge in [-0.25, -0.2) is 0 Å². The van der Waals surface area contributed by atoms with E-state index in [0.717, 1.165) is 0 Å². The topological polar surface area (TPSA) is 0 Å². The molecule has 0 atom stereocenters. The van der Waals surface area contributed by atoms with Crippen LogP contribution >= 0.6 is 0 Å². The summed E-state index contributed by atoms with van der Waals surface area (Å²) < 4.78 is 0. The molecule has 0 aromatic rings. The van der Waals surface area contributed by atoms with Crippen LogP contribution in [0.25, 0.3) is 0 Å².